The number of ether oxygens (including phenoxy) is 4. The zero-order valence-electron chi connectivity index (χ0n) is 31.8. The molecule has 286 valence electrons. The average Bonchev–Trinajstić information content (AvgIpc) is 3.12. The quantitative estimate of drug-likeness (QED) is 0.241. The molecule has 2 rings (SSSR count). The molecule has 7 heteroatoms. The summed E-state index contributed by atoms with van der Waals surface area (Å²) in [6.45, 7) is 0.628. The summed E-state index contributed by atoms with van der Waals surface area (Å²) in [7, 11) is 1.47. The van der Waals surface area contributed by atoms with Crippen LogP contribution in [0.1, 0.15) is 185 Å². The fourth-order valence-electron chi connectivity index (χ4n) is 6.63. The van der Waals surface area contributed by atoms with Gasteiger partial charge in [0, 0.05) is 19.1 Å². The summed E-state index contributed by atoms with van der Waals surface area (Å²) in [6, 6.07) is 4.83. The first-order valence-electron chi connectivity index (χ1n) is 20.6. The normalized spacial score (nSPS) is 21.4. The number of cyclic esters (lactones) is 1. The molecule has 1 aromatic carbocycles. The Kier molecular flexibility index (Phi) is 27.2. The maximum absolute atomic E-state index is 12.5. The maximum Gasteiger partial charge on any atom is 0.330 e. The van der Waals surface area contributed by atoms with Gasteiger partial charge in [-0.3, -0.25) is 4.79 Å². The summed E-state index contributed by atoms with van der Waals surface area (Å²) in [5, 5.41) is 9.79. The number of aromatic hydroxyl groups is 1. The second-order valence-electron chi connectivity index (χ2n) is 14.4. The standard InChI is InChI=1S/C43H72O7/c1-47-41-35-38(30-32-40(41)44)31-33-43(46)50-37-39-36-49-42(45)29-27-25-23-21-19-17-15-13-11-9-7-5-3-2-4-6-8-10-12-14-16-18-20-22-24-26-28-34-48-39/h30-33,35,39,44H,2-29,34,36-37H2,1H3/t39-/m0/s1. The molecule has 0 radical (unpaired) electrons. The lowest BCUT2D eigenvalue weighted by Crippen LogP contribution is -2.28. The Labute approximate surface area is 305 Å². The van der Waals surface area contributed by atoms with E-state index in [1.165, 1.54) is 167 Å². The Morgan fingerprint density at radius 1 is 0.700 bits per heavy atom. The van der Waals surface area contributed by atoms with Crippen molar-refractivity contribution in [3.63, 3.8) is 0 Å². The van der Waals surface area contributed by atoms with E-state index >= 15 is 0 Å². The summed E-state index contributed by atoms with van der Waals surface area (Å²) in [5.74, 6) is -0.375. The van der Waals surface area contributed by atoms with Gasteiger partial charge in [0.2, 0.25) is 0 Å². The number of rotatable bonds is 5. The van der Waals surface area contributed by atoms with Crippen LogP contribution in [0.15, 0.2) is 24.3 Å². The minimum atomic E-state index is -0.517. The first-order valence-corrected chi connectivity index (χ1v) is 20.6. The van der Waals surface area contributed by atoms with Crippen LogP contribution in [-0.4, -0.2) is 50.1 Å². The molecule has 1 heterocycles. The Morgan fingerprint density at radius 2 is 1.14 bits per heavy atom. The van der Waals surface area contributed by atoms with E-state index in [1.807, 2.05) is 0 Å². The molecule has 1 N–H and O–H groups in total. The van der Waals surface area contributed by atoms with Crippen LogP contribution in [0.5, 0.6) is 11.5 Å². The molecule has 1 aliphatic heterocycles. The molecule has 0 bridgehead atoms. The highest BCUT2D eigenvalue weighted by Gasteiger charge is 2.15. The third-order valence-corrected chi connectivity index (χ3v) is 9.84. The minimum Gasteiger partial charge on any atom is -0.504 e. The summed E-state index contributed by atoms with van der Waals surface area (Å²) in [4.78, 5) is 25.0. The fourth-order valence-corrected chi connectivity index (χ4v) is 6.63. The number of carbonyl (C=O) groups is 2. The topological polar surface area (TPSA) is 91.3 Å². The van der Waals surface area contributed by atoms with Crippen LogP contribution in [0.25, 0.3) is 6.08 Å². The number of benzene rings is 1. The highest BCUT2D eigenvalue weighted by molar-refractivity contribution is 5.87. The van der Waals surface area contributed by atoms with E-state index in [2.05, 4.69) is 0 Å². The summed E-state index contributed by atoms with van der Waals surface area (Å²) in [6.07, 6.45) is 38.0. The molecule has 50 heavy (non-hydrogen) atoms. The summed E-state index contributed by atoms with van der Waals surface area (Å²) in [5.41, 5.74) is 0.695. The zero-order chi connectivity index (χ0) is 35.7. The van der Waals surface area contributed by atoms with Crippen molar-refractivity contribution in [1.29, 1.82) is 0 Å². The number of esters is 2. The molecule has 0 spiro atoms. The van der Waals surface area contributed by atoms with Crippen LogP contribution in [-0.2, 0) is 23.8 Å². The molecule has 1 aliphatic rings. The zero-order valence-corrected chi connectivity index (χ0v) is 31.8. The molecule has 0 aliphatic carbocycles. The van der Waals surface area contributed by atoms with Gasteiger partial charge in [0.05, 0.1) is 7.11 Å². The van der Waals surface area contributed by atoms with Crippen LogP contribution in [0.3, 0.4) is 0 Å². The third-order valence-electron chi connectivity index (χ3n) is 9.84. The van der Waals surface area contributed by atoms with Crippen LogP contribution in [0.2, 0.25) is 0 Å². The Hall–Kier alpha value is -2.54. The molecular weight excluding hydrogens is 628 g/mol. The third kappa shape index (κ3) is 24.6. The number of phenolic OH excluding ortho intramolecular Hbond substituents is 1. The van der Waals surface area contributed by atoms with E-state index in [9.17, 15) is 14.7 Å². The molecule has 1 aromatic rings. The molecule has 1 atom stereocenters. The maximum atomic E-state index is 12.5. The van der Waals surface area contributed by atoms with Crippen molar-refractivity contribution in [2.24, 2.45) is 0 Å². The van der Waals surface area contributed by atoms with Crippen LogP contribution < -0.4 is 4.74 Å². The molecule has 7 nitrogen and oxygen atoms in total. The predicted molar refractivity (Wildman–Crippen MR) is 205 cm³/mol. The second kappa shape index (κ2) is 31.2. The number of hydrogen-bond donors (Lipinski definition) is 1. The van der Waals surface area contributed by atoms with E-state index in [4.69, 9.17) is 18.9 Å². The Balaban J connectivity index is 1.74. The molecule has 0 amide bonds. The van der Waals surface area contributed by atoms with Crippen molar-refractivity contribution in [2.45, 2.75) is 186 Å². The molecule has 1 fully saturated rings. The number of hydrogen-bond acceptors (Lipinski definition) is 7. The van der Waals surface area contributed by atoms with Gasteiger partial charge in [-0.1, -0.05) is 167 Å². The van der Waals surface area contributed by atoms with Gasteiger partial charge in [-0.2, -0.15) is 0 Å². The molecule has 0 unspecified atom stereocenters. The fraction of sp³-hybridized carbons (Fsp3) is 0.767. The lowest BCUT2D eigenvalue weighted by molar-refractivity contribution is -0.153. The smallest absolute Gasteiger partial charge is 0.330 e. The van der Waals surface area contributed by atoms with E-state index in [1.54, 1.807) is 18.2 Å². The molecule has 1 saturated heterocycles. The first-order chi connectivity index (χ1) is 24.6. The lowest BCUT2D eigenvalue weighted by atomic mass is 10.0. The van der Waals surface area contributed by atoms with Crippen molar-refractivity contribution in [1.82, 2.24) is 0 Å². The van der Waals surface area contributed by atoms with Crippen molar-refractivity contribution < 1.29 is 33.6 Å². The van der Waals surface area contributed by atoms with Gasteiger partial charge < -0.3 is 24.1 Å². The largest absolute Gasteiger partial charge is 0.504 e. The van der Waals surface area contributed by atoms with Gasteiger partial charge in [-0.05, 0) is 36.6 Å². The monoisotopic (exact) mass is 701 g/mol. The minimum absolute atomic E-state index is 0.00928. The second-order valence-corrected chi connectivity index (χ2v) is 14.4. The van der Waals surface area contributed by atoms with E-state index in [0.717, 1.165) is 25.7 Å². The number of methoxy groups -OCH3 is 1. The SMILES string of the molecule is COc1cc(C=CC(=O)OC[C@@H]2COC(=O)CCCCCCCCCCCCCCCCCCCCCCCCCCCCCO2)ccc1O. The molecule has 0 aromatic heterocycles. The summed E-state index contributed by atoms with van der Waals surface area (Å²) >= 11 is 0. The van der Waals surface area contributed by atoms with Gasteiger partial charge in [0.15, 0.2) is 11.5 Å². The number of phenols is 1. The van der Waals surface area contributed by atoms with E-state index < -0.39 is 12.1 Å². The van der Waals surface area contributed by atoms with Crippen LogP contribution >= 0.6 is 0 Å². The van der Waals surface area contributed by atoms with Gasteiger partial charge in [0.25, 0.3) is 0 Å². The average molecular weight is 701 g/mol. The summed E-state index contributed by atoms with van der Waals surface area (Å²) < 4.78 is 22.2. The molecular formula is C43H72O7. The highest BCUT2D eigenvalue weighted by atomic mass is 16.6. The van der Waals surface area contributed by atoms with Gasteiger partial charge in [0.1, 0.15) is 19.3 Å². The van der Waals surface area contributed by atoms with Crippen molar-refractivity contribution in [3.05, 3.63) is 29.8 Å². The first kappa shape index (κ1) is 43.6. The van der Waals surface area contributed by atoms with Gasteiger partial charge in [-0.15, -0.1) is 0 Å². The van der Waals surface area contributed by atoms with Crippen LogP contribution in [0, 0.1) is 0 Å². The Morgan fingerprint density at radius 3 is 1.60 bits per heavy atom. The molecule has 0 saturated carbocycles. The lowest BCUT2D eigenvalue weighted by Gasteiger charge is -2.18. The number of carbonyl (C=O) groups excluding carboxylic acids is 2. The van der Waals surface area contributed by atoms with E-state index in [0.29, 0.717) is 24.3 Å². The van der Waals surface area contributed by atoms with Gasteiger partial charge in [-0.25, -0.2) is 4.79 Å². The van der Waals surface area contributed by atoms with Crippen molar-refractivity contribution in [3.8, 4) is 11.5 Å². The predicted octanol–water partition coefficient (Wildman–Crippen LogP) is 11.8. The highest BCUT2D eigenvalue weighted by Crippen LogP contribution is 2.26. The Bertz CT molecular complexity index is 1010. The van der Waals surface area contributed by atoms with Crippen molar-refractivity contribution in [2.75, 3.05) is 26.9 Å². The van der Waals surface area contributed by atoms with Crippen molar-refractivity contribution >= 4 is 18.0 Å². The van der Waals surface area contributed by atoms with E-state index in [-0.39, 0.29) is 24.9 Å². The van der Waals surface area contributed by atoms with Gasteiger partial charge >= 0.3 is 11.9 Å². The van der Waals surface area contributed by atoms with Crippen LogP contribution in [0.4, 0.5) is 0 Å².